The van der Waals surface area contributed by atoms with Gasteiger partial charge in [0, 0.05) is 5.69 Å². The van der Waals surface area contributed by atoms with E-state index in [9.17, 15) is 18.3 Å². The minimum absolute atomic E-state index is 0.151. The first-order valence-electron chi connectivity index (χ1n) is 5.95. The average molecular weight is 284 g/mol. The largest absolute Gasteiger partial charge is 0.480 e. The molecule has 1 aromatic carbocycles. The number of benzene rings is 1. The summed E-state index contributed by atoms with van der Waals surface area (Å²) in [5.41, 5.74) is -0.291. The van der Waals surface area contributed by atoms with Crippen molar-refractivity contribution in [1.82, 2.24) is 4.72 Å². The highest BCUT2D eigenvalue weighted by Crippen LogP contribution is 2.35. The maximum Gasteiger partial charge on any atom is 0.329 e. The maximum atomic E-state index is 11.5. The summed E-state index contributed by atoms with van der Waals surface area (Å²) in [6, 6.07) is 6.05. The van der Waals surface area contributed by atoms with Crippen molar-refractivity contribution in [1.29, 1.82) is 0 Å². The lowest BCUT2D eigenvalue weighted by Crippen LogP contribution is -2.52. The molecule has 1 saturated carbocycles. The Morgan fingerprint density at radius 1 is 1.26 bits per heavy atom. The Kier molecular flexibility index (Phi) is 3.51. The highest BCUT2D eigenvalue weighted by Gasteiger charge is 2.44. The third-order valence-corrected chi connectivity index (χ3v) is 4.86. The molecule has 0 saturated heterocycles. The highest BCUT2D eigenvalue weighted by atomic mass is 32.2. The summed E-state index contributed by atoms with van der Waals surface area (Å²) in [5.74, 6) is -0.870. The Labute approximate surface area is 111 Å². The van der Waals surface area contributed by atoms with Gasteiger partial charge in [0.05, 0.1) is 4.90 Å². The number of carbonyl (C=O) groups is 1. The molecule has 104 valence electrons. The van der Waals surface area contributed by atoms with Crippen LogP contribution >= 0.6 is 0 Å². The second-order valence-electron chi connectivity index (χ2n) is 4.60. The first-order valence-corrected chi connectivity index (χ1v) is 7.43. The second-order valence-corrected chi connectivity index (χ2v) is 6.48. The van der Waals surface area contributed by atoms with Crippen molar-refractivity contribution in [2.24, 2.45) is 0 Å². The van der Waals surface area contributed by atoms with Gasteiger partial charge in [-0.25, -0.2) is 17.9 Å². The third-order valence-electron chi connectivity index (χ3n) is 3.43. The summed E-state index contributed by atoms with van der Waals surface area (Å²) in [4.78, 5) is 11.4. The molecular weight excluding hydrogens is 268 g/mol. The van der Waals surface area contributed by atoms with Crippen molar-refractivity contribution in [3.8, 4) is 0 Å². The van der Waals surface area contributed by atoms with E-state index in [1.807, 2.05) is 0 Å². The molecule has 1 aromatic rings. The fraction of sp³-hybridized carbons (Fsp3) is 0.417. The lowest BCUT2D eigenvalue weighted by molar-refractivity contribution is -0.145. The summed E-state index contributed by atoms with van der Waals surface area (Å²) in [6.07, 6.45) is 2.04. The summed E-state index contributed by atoms with van der Waals surface area (Å²) in [5, 5.41) is 12.2. The first kappa shape index (κ1) is 13.8. The predicted octanol–water partition coefficient (Wildman–Crippen LogP) is 1.01. The van der Waals surface area contributed by atoms with Crippen LogP contribution in [0.15, 0.2) is 29.2 Å². The zero-order chi connectivity index (χ0) is 14.1. The van der Waals surface area contributed by atoms with Gasteiger partial charge in [0.25, 0.3) is 0 Å². The standard InChI is InChI=1S/C12H16N2O4S/c1-13-19(17,18)10-5-3-9(4-6-10)14-12(11(15)16)7-2-8-12/h3-6,13-14H,2,7-8H2,1H3,(H,15,16). The molecule has 1 aliphatic carbocycles. The minimum Gasteiger partial charge on any atom is -0.480 e. The normalized spacial score (nSPS) is 17.5. The van der Waals surface area contributed by atoms with Crippen LogP contribution in [0.4, 0.5) is 5.69 Å². The van der Waals surface area contributed by atoms with E-state index >= 15 is 0 Å². The van der Waals surface area contributed by atoms with E-state index in [2.05, 4.69) is 10.0 Å². The molecule has 0 aromatic heterocycles. The quantitative estimate of drug-likeness (QED) is 0.750. The van der Waals surface area contributed by atoms with Gasteiger partial charge in [-0.1, -0.05) is 0 Å². The van der Waals surface area contributed by atoms with E-state index in [1.54, 1.807) is 12.1 Å². The van der Waals surface area contributed by atoms with Gasteiger partial charge < -0.3 is 10.4 Å². The fourth-order valence-electron chi connectivity index (χ4n) is 2.03. The van der Waals surface area contributed by atoms with Crippen molar-refractivity contribution < 1.29 is 18.3 Å². The summed E-state index contributed by atoms with van der Waals surface area (Å²) in [7, 11) is -2.12. The smallest absolute Gasteiger partial charge is 0.329 e. The number of sulfonamides is 1. The molecule has 0 atom stereocenters. The highest BCUT2D eigenvalue weighted by molar-refractivity contribution is 7.89. The number of hydrogen-bond acceptors (Lipinski definition) is 4. The Bertz CT molecular complexity index is 576. The van der Waals surface area contributed by atoms with Crippen LogP contribution in [-0.4, -0.2) is 32.1 Å². The second kappa shape index (κ2) is 4.82. The minimum atomic E-state index is -3.46. The van der Waals surface area contributed by atoms with Crippen molar-refractivity contribution in [3.63, 3.8) is 0 Å². The van der Waals surface area contributed by atoms with Gasteiger partial charge in [0.2, 0.25) is 10.0 Å². The summed E-state index contributed by atoms with van der Waals surface area (Å²) >= 11 is 0. The molecule has 1 fully saturated rings. The van der Waals surface area contributed by atoms with E-state index in [0.29, 0.717) is 18.5 Å². The molecule has 7 heteroatoms. The van der Waals surface area contributed by atoms with Crippen LogP contribution in [0.3, 0.4) is 0 Å². The van der Waals surface area contributed by atoms with Crippen LogP contribution in [0.1, 0.15) is 19.3 Å². The molecule has 6 nitrogen and oxygen atoms in total. The van der Waals surface area contributed by atoms with E-state index < -0.39 is 21.5 Å². The van der Waals surface area contributed by atoms with Gasteiger partial charge >= 0.3 is 5.97 Å². The van der Waals surface area contributed by atoms with Gasteiger partial charge in [-0.05, 0) is 50.6 Å². The maximum absolute atomic E-state index is 11.5. The predicted molar refractivity (Wildman–Crippen MR) is 70.5 cm³/mol. The third kappa shape index (κ3) is 2.57. The van der Waals surface area contributed by atoms with E-state index in [1.165, 1.54) is 19.2 Å². The van der Waals surface area contributed by atoms with Crippen LogP contribution < -0.4 is 10.0 Å². The van der Waals surface area contributed by atoms with Crippen LogP contribution in [0.5, 0.6) is 0 Å². The average Bonchev–Trinajstić information content (AvgIpc) is 2.34. The molecule has 0 amide bonds. The number of carboxylic acids is 1. The molecular formula is C12H16N2O4S. The number of hydrogen-bond donors (Lipinski definition) is 3. The zero-order valence-corrected chi connectivity index (χ0v) is 11.3. The van der Waals surface area contributed by atoms with Gasteiger partial charge in [-0.3, -0.25) is 0 Å². The summed E-state index contributed by atoms with van der Waals surface area (Å²) < 4.78 is 25.3. The van der Waals surface area contributed by atoms with Crippen molar-refractivity contribution in [3.05, 3.63) is 24.3 Å². The topological polar surface area (TPSA) is 95.5 Å². The van der Waals surface area contributed by atoms with E-state index in [0.717, 1.165) is 6.42 Å². The molecule has 1 aliphatic rings. The number of nitrogens with one attached hydrogen (secondary N) is 2. The Morgan fingerprint density at radius 2 is 1.84 bits per heavy atom. The van der Waals surface area contributed by atoms with E-state index in [4.69, 9.17) is 0 Å². The molecule has 3 N–H and O–H groups in total. The van der Waals surface area contributed by atoms with Gasteiger partial charge in [-0.15, -0.1) is 0 Å². The molecule has 0 bridgehead atoms. The fourth-order valence-corrected chi connectivity index (χ4v) is 2.76. The molecule has 2 rings (SSSR count). The Balaban J connectivity index is 2.18. The molecule has 0 aliphatic heterocycles. The van der Waals surface area contributed by atoms with Gasteiger partial charge in [0.1, 0.15) is 5.54 Å². The molecule has 0 radical (unpaired) electrons. The van der Waals surface area contributed by atoms with Crippen molar-refractivity contribution in [2.45, 2.75) is 29.7 Å². The number of carboxylic acid groups (broad SMARTS) is 1. The van der Waals surface area contributed by atoms with Gasteiger partial charge in [0.15, 0.2) is 0 Å². The number of rotatable bonds is 5. The molecule has 19 heavy (non-hydrogen) atoms. The van der Waals surface area contributed by atoms with Crippen molar-refractivity contribution >= 4 is 21.7 Å². The lowest BCUT2D eigenvalue weighted by Gasteiger charge is -2.39. The number of anilines is 1. The van der Waals surface area contributed by atoms with Gasteiger partial charge in [-0.2, -0.15) is 0 Å². The lowest BCUT2D eigenvalue weighted by atomic mass is 9.76. The van der Waals surface area contributed by atoms with Crippen LogP contribution in [0.2, 0.25) is 0 Å². The zero-order valence-electron chi connectivity index (χ0n) is 10.5. The van der Waals surface area contributed by atoms with E-state index in [-0.39, 0.29) is 4.90 Å². The van der Waals surface area contributed by atoms with Crippen LogP contribution in [0, 0.1) is 0 Å². The molecule has 0 heterocycles. The van der Waals surface area contributed by atoms with Crippen LogP contribution in [-0.2, 0) is 14.8 Å². The van der Waals surface area contributed by atoms with Crippen molar-refractivity contribution in [2.75, 3.05) is 12.4 Å². The first-order chi connectivity index (χ1) is 8.89. The monoisotopic (exact) mass is 284 g/mol. The number of aliphatic carboxylic acids is 1. The molecule has 0 unspecified atom stereocenters. The Morgan fingerprint density at radius 3 is 2.21 bits per heavy atom. The Hall–Kier alpha value is -1.60. The summed E-state index contributed by atoms with van der Waals surface area (Å²) in [6.45, 7) is 0. The SMILES string of the molecule is CNS(=O)(=O)c1ccc(NC2(C(=O)O)CCC2)cc1. The molecule has 0 spiro atoms. The van der Waals surface area contributed by atoms with Crippen LogP contribution in [0.25, 0.3) is 0 Å².